The normalized spacial score (nSPS) is 17.1. The summed E-state index contributed by atoms with van der Waals surface area (Å²) in [5, 5.41) is 13.9. The second kappa shape index (κ2) is 8.06. The first-order chi connectivity index (χ1) is 14.5. The van der Waals surface area contributed by atoms with Gasteiger partial charge in [-0.2, -0.15) is 0 Å². The van der Waals surface area contributed by atoms with Crippen LogP contribution in [0.2, 0.25) is 0 Å². The third-order valence-electron chi connectivity index (χ3n) is 5.72. The molecule has 1 N–H and O–H groups in total. The van der Waals surface area contributed by atoms with Gasteiger partial charge in [0.2, 0.25) is 5.91 Å². The molecule has 8 heteroatoms. The van der Waals surface area contributed by atoms with E-state index < -0.39 is 22.8 Å². The van der Waals surface area contributed by atoms with Crippen LogP contribution in [0.25, 0.3) is 0 Å². The first kappa shape index (κ1) is 19.8. The molecule has 1 saturated carbocycles. The number of hydrogen-bond acceptors (Lipinski definition) is 5. The summed E-state index contributed by atoms with van der Waals surface area (Å²) >= 11 is 0. The number of imide groups is 1. The summed E-state index contributed by atoms with van der Waals surface area (Å²) < 4.78 is 0. The van der Waals surface area contributed by atoms with E-state index in [-0.39, 0.29) is 35.2 Å². The Balaban J connectivity index is 1.63. The van der Waals surface area contributed by atoms with Crippen molar-refractivity contribution in [2.24, 2.45) is 0 Å². The Bertz CT molecular complexity index is 977. The van der Waals surface area contributed by atoms with Crippen LogP contribution in [0.15, 0.2) is 48.5 Å². The van der Waals surface area contributed by atoms with Crippen molar-refractivity contribution in [1.29, 1.82) is 0 Å². The Labute approximate surface area is 173 Å². The average Bonchev–Trinajstić information content (AvgIpc) is 3.34. The summed E-state index contributed by atoms with van der Waals surface area (Å²) in [6, 6.07) is 11.3. The van der Waals surface area contributed by atoms with Gasteiger partial charge in [0.1, 0.15) is 6.04 Å². The molecule has 1 atom stereocenters. The molecule has 30 heavy (non-hydrogen) atoms. The summed E-state index contributed by atoms with van der Waals surface area (Å²) in [5.41, 5.74) is 1.13. The molecule has 4 rings (SSSR count). The second-order valence-electron chi connectivity index (χ2n) is 7.66. The van der Waals surface area contributed by atoms with Gasteiger partial charge < -0.3 is 5.32 Å². The van der Waals surface area contributed by atoms with E-state index in [1.807, 2.05) is 0 Å². The van der Waals surface area contributed by atoms with Gasteiger partial charge in [-0.05, 0) is 30.5 Å². The molecular weight excluding hydrogens is 386 g/mol. The third-order valence-corrected chi connectivity index (χ3v) is 5.72. The van der Waals surface area contributed by atoms with Gasteiger partial charge >= 0.3 is 0 Å². The highest BCUT2D eigenvalue weighted by Crippen LogP contribution is 2.27. The van der Waals surface area contributed by atoms with Crippen molar-refractivity contribution in [1.82, 2.24) is 10.2 Å². The van der Waals surface area contributed by atoms with Crippen LogP contribution in [-0.2, 0) is 11.2 Å². The van der Waals surface area contributed by atoms with Crippen LogP contribution < -0.4 is 5.32 Å². The number of amides is 3. The molecule has 0 saturated heterocycles. The minimum Gasteiger partial charge on any atom is -0.352 e. The van der Waals surface area contributed by atoms with E-state index in [4.69, 9.17) is 0 Å². The number of carbonyl (C=O) groups is 3. The van der Waals surface area contributed by atoms with Crippen LogP contribution in [0.5, 0.6) is 0 Å². The minimum absolute atomic E-state index is 0.0343. The predicted molar refractivity (Wildman–Crippen MR) is 108 cm³/mol. The summed E-state index contributed by atoms with van der Waals surface area (Å²) in [5.74, 6) is -1.37. The Morgan fingerprint density at radius 2 is 1.60 bits per heavy atom. The fourth-order valence-corrected chi connectivity index (χ4v) is 4.14. The van der Waals surface area contributed by atoms with Crippen molar-refractivity contribution >= 4 is 23.4 Å². The van der Waals surface area contributed by atoms with Gasteiger partial charge in [0.15, 0.2) is 0 Å². The Morgan fingerprint density at radius 1 is 1.03 bits per heavy atom. The van der Waals surface area contributed by atoms with Gasteiger partial charge in [-0.1, -0.05) is 37.1 Å². The highest BCUT2D eigenvalue weighted by atomic mass is 16.6. The van der Waals surface area contributed by atoms with Crippen molar-refractivity contribution in [2.75, 3.05) is 0 Å². The second-order valence-corrected chi connectivity index (χ2v) is 7.66. The molecule has 1 aliphatic heterocycles. The van der Waals surface area contributed by atoms with Crippen LogP contribution in [-0.4, -0.2) is 39.6 Å². The lowest BCUT2D eigenvalue weighted by Gasteiger charge is -2.27. The Hall–Kier alpha value is -3.55. The number of rotatable bonds is 6. The largest absolute Gasteiger partial charge is 0.352 e. The number of nitrogens with one attached hydrogen (secondary N) is 1. The lowest BCUT2D eigenvalue weighted by atomic mass is 10.0. The number of nitro benzene ring substituents is 1. The quantitative estimate of drug-likeness (QED) is 0.450. The summed E-state index contributed by atoms with van der Waals surface area (Å²) in [7, 11) is 0. The van der Waals surface area contributed by atoms with Gasteiger partial charge in [-0.3, -0.25) is 29.4 Å². The lowest BCUT2D eigenvalue weighted by Crippen LogP contribution is -2.52. The molecule has 0 unspecified atom stereocenters. The van der Waals surface area contributed by atoms with Crippen LogP contribution in [0.1, 0.15) is 52.0 Å². The predicted octanol–water partition coefficient (Wildman–Crippen LogP) is 2.86. The van der Waals surface area contributed by atoms with Crippen LogP contribution in [0.3, 0.4) is 0 Å². The molecule has 2 aromatic rings. The number of nitrogens with zero attached hydrogens (tertiary/aromatic N) is 2. The number of fused-ring (bicyclic) bond motifs is 1. The molecule has 154 valence electrons. The smallest absolute Gasteiger partial charge is 0.269 e. The maximum absolute atomic E-state index is 13.1. The molecule has 2 aliphatic rings. The zero-order valence-electron chi connectivity index (χ0n) is 16.2. The van der Waals surface area contributed by atoms with Crippen molar-refractivity contribution in [3.05, 3.63) is 75.3 Å². The molecule has 2 aromatic carbocycles. The van der Waals surface area contributed by atoms with E-state index >= 15 is 0 Å². The Morgan fingerprint density at radius 3 is 2.13 bits per heavy atom. The van der Waals surface area contributed by atoms with Crippen LogP contribution >= 0.6 is 0 Å². The van der Waals surface area contributed by atoms with Gasteiger partial charge in [-0.15, -0.1) is 0 Å². The van der Waals surface area contributed by atoms with Crippen LogP contribution in [0.4, 0.5) is 5.69 Å². The van der Waals surface area contributed by atoms with E-state index in [2.05, 4.69) is 5.32 Å². The van der Waals surface area contributed by atoms with Gasteiger partial charge in [0.05, 0.1) is 16.1 Å². The number of benzene rings is 2. The molecule has 0 bridgehead atoms. The molecule has 0 spiro atoms. The Kier molecular flexibility index (Phi) is 5.31. The minimum atomic E-state index is -1.03. The maximum Gasteiger partial charge on any atom is 0.269 e. The zero-order valence-corrected chi connectivity index (χ0v) is 16.2. The number of non-ortho nitro benzene ring substituents is 1. The van der Waals surface area contributed by atoms with Gasteiger partial charge in [0.25, 0.3) is 17.5 Å². The molecule has 1 fully saturated rings. The lowest BCUT2D eigenvalue weighted by molar-refractivity contribution is -0.384. The highest BCUT2D eigenvalue weighted by Gasteiger charge is 2.43. The fourth-order valence-electron chi connectivity index (χ4n) is 4.14. The van der Waals surface area contributed by atoms with E-state index in [0.717, 1.165) is 30.6 Å². The van der Waals surface area contributed by atoms with Crippen LogP contribution in [0, 0.1) is 10.1 Å². The van der Waals surface area contributed by atoms with Crippen molar-refractivity contribution < 1.29 is 19.3 Å². The molecule has 1 heterocycles. The topological polar surface area (TPSA) is 110 Å². The molecule has 1 aliphatic carbocycles. The van der Waals surface area contributed by atoms with E-state index in [9.17, 15) is 24.5 Å². The molecular formula is C22H21N3O5. The fraction of sp³-hybridized carbons (Fsp3) is 0.318. The van der Waals surface area contributed by atoms with Gasteiger partial charge in [0, 0.05) is 24.6 Å². The standard InChI is InChI=1S/C22H21N3O5/c26-20(23-15-5-1-2-6-15)19(13-14-9-11-16(12-10-14)25(29)30)24-21(27)17-7-3-4-8-18(17)22(24)28/h3-4,7-12,15,19H,1-2,5-6,13H2,(H,23,26)/t19-/m1/s1. The van der Waals surface area contributed by atoms with E-state index in [1.165, 1.54) is 12.1 Å². The molecule has 3 amide bonds. The molecule has 0 aromatic heterocycles. The highest BCUT2D eigenvalue weighted by molar-refractivity contribution is 6.22. The number of nitro groups is 1. The average molecular weight is 407 g/mol. The summed E-state index contributed by atoms with van der Waals surface area (Å²) in [6.07, 6.45) is 3.90. The van der Waals surface area contributed by atoms with Crippen molar-refractivity contribution in [3.8, 4) is 0 Å². The molecule has 0 radical (unpaired) electrons. The maximum atomic E-state index is 13.1. The van der Waals surface area contributed by atoms with Gasteiger partial charge in [-0.25, -0.2) is 0 Å². The molecule has 8 nitrogen and oxygen atoms in total. The van der Waals surface area contributed by atoms with E-state index in [1.54, 1.807) is 36.4 Å². The monoisotopic (exact) mass is 407 g/mol. The summed E-state index contributed by atoms with van der Waals surface area (Å²) in [4.78, 5) is 50.5. The van der Waals surface area contributed by atoms with E-state index in [0.29, 0.717) is 5.56 Å². The summed E-state index contributed by atoms with van der Waals surface area (Å²) in [6.45, 7) is 0. The SMILES string of the molecule is O=C(NC1CCCC1)[C@@H](Cc1ccc([N+](=O)[O-])cc1)N1C(=O)c2ccccc2C1=O. The number of carbonyl (C=O) groups excluding carboxylic acids is 3. The number of hydrogen-bond donors (Lipinski definition) is 1. The van der Waals surface area contributed by atoms with Crippen molar-refractivity contribution in [2.45, 2.75) is 44.2 Å². The van der Waals surface area contributed by atoms with Crippen molar-refractivity contribution in [3.63, 3.8) is 0 Å². The third kappa shape index (κ3) is 3.68. The first-order valence-corrected chi connectivity index (χ1v) is 9.96. The zero-order chi connectivity index (χ0) is 21.3. The first-order valence-electron chi connectivity index (χ1n) is 9.96.